The molecule has 9 heteroatoms. The number of imide groups is 1. The number of hydrazine groups is 1. The molecule has 1 aromatic heterocycles. The first-order chi connectivity index (χ1) is 12.5. The van der Waals surface area contributed by atoms with Crippen molar-refractivity contribution in [3.8, 4) is 0 Å². The van der Waals surface area contributed by atoms with E-state index in [-0.39, 0.29) is 5.75 Å². The van der Waals surface area contributed by atoms with Crippen LogP contribution in [0.5, 0.6) is 0 Å². The summed E-state index contributed by atoms with van der Waals surface area (Å²) in [6, 6.07) is 8.36. The van der Waals surface area contributed by atoms with Gasteiger partial charge >= 0.3 is 6.03 Å². The second-order valence-corrected chi connectivity index (χ2v) is 6.78. The van der Waals surface area contributed by atoms with Gasteiger partial charge in [0.15, 0.2) is 5.16 Å². The van der Waals surface area contributed by atoms with E-state index in [2.05, 4.69) is 15.7 Å². The molecule has 1 saturated heterocycles. The number of nitrogens with zero attached hydrogens (tertiary/aromatic N) is 3. The van der Waals surface area contributed by atoms with Crippen LogP contribution in [0.4, 0.5) is 4.79 Å². The van der Waals surface area contributed by atoms with Crippen LogP contribution < -0.4 is 10.7 Å². The van der Waals surface area contributed by atoms with E-state index in [1.807, 2.05) is 20.0 Å². The molecule has 0 spiro atoms. The fourth-order valence-electron chi connectivity index (χ4n) is 2.82. The number of amides is 4. The minimum atomic E-state index is -1.17. The molecule has 1 atom stereocenters. The monoisotopic (exact) mass is 373 g/mol. The Bertz CT molecular complexity index is 838. The smallest absolute Gasteiger partial charge is 0.329 e. The highest BCUT2D eigenvalue weighted by molar-refractivity contribution is 7.99. The van der Waals surface area contributed by atoms with Crippen molar-refractivity contribution >= 4 is 29.6 Å². The molecule has 0 bridgehead atoms. The highest BCUT2D eigenvalue weighted by atomic mass is 32.2. The fraction of sp³-hybridized carbons (Fsp3) is 0.294. The molecule has 1 aliphatic rings. The van der Waals surface area contributed by atoms with E-state index < -0.39 is 23.4 Å². The number of rotatable bonds is 6. The lowest BCUT2D eigenvalue weighted by Gasteiger charge is -2.25. The molecule has 0 radical (unpaired) electrons. The van der Waals surface area contributed by atoms with E-state index in [4.69, 9.17) is 0 Å². The Balaban J connectivity index is 1.71. The first-order valence-electron chi connectivity index (χ1n) is 8.10. The summed E-state index contributed by atoms with van der Waals surface area (Å²) >= 11 is 1.22. The Morgan fingerprint density at radius 1 is 1.31 bits per heavy atom. The number of hydrogen-bond donors (Lipinski definition) is 2. The van der Waals surface area contributed by atoms with E-state index in [1.165, 1.54) is 11.8 Å². The van der Waals surface area contributed by atoms with Gasteiger partial charge in [-0.15, -0.1) is 0 Å². The molecule has 2 N–H and O–H groups in total. The maximum absolute atomic E-state index is 12.9. The van der Waals surface area contributed by atoms with E-state index in [1.54, 1.807) is 41.2 Å². The van der Waals surface area contributed by atoms with E-state index in [0.29, 0.717) is 17.1 Å². The summed E-state index contributed by atoms with van der Waals surface area (Å²) in [4.78, 5) is 41.5. The molecular formula is C17H19N5O3S. The number of hydrogen-bond acceptors (Lipinski definition) is 5. The number of imidazole rings is 1. The summed E-state index contributed by atoms with van der Waals surface area (Å²) in [7, 11) is 1.82. The number of urea groups is 1. The van der Waals surface area contributed by atoms with Crippen LogP contribution in [0.3, 0.4) is 0 Å². The zero-order chi connectivity index (χ0) is 18.7. The lowest BCUT2D eigenvalue weighted by Crippen LogP contribution is -2.49. The van der Waals surface area contributed by atoms with Crippen LogP contribution in [-0.4, -0.2) is 38.2 Å². The average molecular weight is 373 g/mol. The van der Waals surface area contributed by atoms with Gasteiger partial charge < -0.3 is 9.88 Å². The van der Waals surface area contributed by atoms with Crippen molar-refractivity contribution in [3.63, 3.8) is 0 Å². The number of thioether (sulfide) groups is 1. The van der Waals surface area contributed by atoms with Crippen LogP contribution in [0.25, 0.3) is 0 Å². The molecule has 0 saturated carbocycles. The summed E-state index contributed by atoms with van der Waals surface area (Å²) in [5.41, 5.74) is 1.91. The van der Waals surface area contributed by atoms with Gasteiger partial charge in [0.2, 0.25) is 5.91 Å². The number of nitrogens with one attached hydrogen (secondary N) is 2. The van der Waals surface area contributed by atoms with Crippen LogP contribution >= 0.6 is 11.8 Å². The largest absolute Gasteiger partial charge is 0.344 e. The minimum absolute atomic E-state index is 0.0341. The molecule has 1 aliphatic heterocycles. The molecule has 0 unspecified atom stereocenters. The fourth-order valence-corrected chi connectivity index (χ4v) is 3.54. The maximum atomic E-state index is 12.9. The SMILES string of the molecule is CC[C@]1(c2ccccc2)NC(=O)N(NC(=O)CSc2nccn2C)C1=O. The number of carbonyl (C=O) groups is 3. The van der Waals surface area contributed by atoms with Crippen LogP contribution in [0.15, 0.2) is 47.9 Å². The molecule has 2 heterocycles. The van der Waals surface area contributed by atoms with Gasteiger partial charge in [0.25, 0.3) is 5.91 Å². The van der Waals surface area contributed by atoms with Crippen LogP contribution in [0.1, 0.15) is 18.9 Å². The summed E-state index contributed by atoms with van der Waals surface area (Å²) in [6.45, 7) is 1.81. The third-order valence-corrected chi connectivity index (χ3v) is 5.29. The molecule has 136 valence electrons. The predicted molar refractivity (Wildman–Crippen MR) is 95.9 cm³/mol. The summed E-state index contributed by atoms with van der Waals surface area (Å²) in [5.74, 6) is -0.917. The lowest BCUT2D eigenvalue weighted by molar-refractivity contribution is -0.138. The van der Waals surface area contributed by atoms with Gasteiger partial charge in [-0.25, -0.2) is 9.78 Å². The molecule has 26 heavy (non-hydrogen) atoms. The average Bonchev–Trinajstić information content (AvgIpc) is 3.17. The van der Waals surface area contributed by atoms with Crippen molar-refractivity contribution in [2.75, 3.05) is 5.75 Å². The topological polar surface area (TPSA) is 96.3 Å². The Hall–Kier alpha value is -2.81. The van der Waals surface area contributed by atoms with Crippen molar-refractivity contribution in [2.24, 2.45) is 7.05 Å². The summed E-state index contributed by atoms with van der Waals surface area (Å²) in [6.07, 6.45) is 3.77. The number of carbonyl (C=O) groups excluding carboxylic acids is 3. The van der Waals surface area contributed by atoms with Crippen molar-refractivity contribution in [1.29, 1.82) is 0 Å². The lowest BCUT2D eigenvalue weighted by atomic mass is 9.87. The number of benzene rings is 1. The molecule has 1 fully saturated rings. The quantitative estimate of drug-likeness (QED) is 0.589. The highest BCUT2D eigenvalue weighted by Gasteiger charge is 2.52. The Kier molecular flexibility index (Phi) is 4.99. The van der Waals surface area contributed by atoms with Gasteiger partial charge in [-0.3, -0.25) is 15.0 Å². The van der Waals surface area contributed by atoms with Crippen molar-refractivity contribution in [1.82, 2.24) is 25.3 Å². The molecule has 4 amide bonds. The van der Waals surface area contributed by atoms with Crippen LogP contribution in [0.2, 0.25) is 0 Å². The number of aryl methyl sites for hydroxylation is 1. The predicted octanol–water partition coefficient (Wildman–Crippen LogP) is 1.40. The third-order valence-electron chi connectivity index (χ3n) is 4.23. The molecule has 0 aliphatic carbocycles. The minimum Gasteiger partial charge on any atom is -0.329 e. The molecular weight excluding hydrogens is 354 g/mol. The van der Waals surface area contributed by atoms with Gasteiger partial charge in [-0.2, -0.15) is 5.01 Å². The van der Waals surface area contributed by atoms with Gasteiger partial charge in [0, 0.05) is 19.4 Å². The molecule has 3 rings (SSSR count). The Morgan fingerprint density at radius 2 is 2.04 bits per heavy atom. The normalized spacial score (nSPS) is 19.5. The number of aromatic nitrogens is 2. The molecule has 8 nitrogen and oxygen atoms in total. The maximum Gasteiger partial charge on any atom is 0.344 e. The zero-order valence-electron chi connectivity index (χ0n) is 14.4. The van der Waals surface area contributed by atoms with Crippen LogP contribution in [-0.2, 0) is 22.2 Å². The van der Waals surface area contributed by atoms with E-state index >= 15 is 0 Å². The van der Waals surface area contributed by atoms with E-state index in [0.717, 1.165) is 5.01 Å². The van der Waals surface area contributed by atoms with Crippen molar-refractivity contribution in [3.05, 3.63) is 48.3 Å². The summed E-state index contributed by atoms with van der Waals surface area (Å²) in [5, 5.41) is 4.15. The second-order valence-electron chi connectivity index (χ2n) is 5.84. The molecule has 2 aromatic rings. The third kappa shape index (κ3) is 3.17. The van der Waals surface area contributed by atoms with E-state index in [9.17, 15) is 14.4 Å². The molecule has 1 aromatic carbocycles. The second kappa shape index (κ2) is 7.20. The van der Waals surface area contributed by atoms with Gasteiger partial charge in [0.1, 0.15) is 5.54 Å². The zero-order valence-corrected chi connectivity index (χ0v) is 15.2. The Morgan fingerprint density at radius 3 is 2.65 bits per heavy atom. The van der Waals surface area contributed by atoms with Gasteiger partial charge in [0.05, 0.1) is 5.75 Å². The standard InChI is InChI=1S/C17H19N5O3S/c1-3-17(12-7-5-4-6-8-12)14(24)22(15(25)19-17)20-13(23)11-26-16-18-9-10-21(16)2/h4-10H,3,11H2,1-2H3,(H,19,25)(H,20,23)/t17-/m1/s1. The van der Waals surface area contributed by atoms with Crippen molar-refractivity contribution in [2.45, 2.75) is 24.0 Å². The summed E-state index contributed by atoms with van der Waals surface area (Å²) < 4.78 is 1.78. The van der Waals surface area contributed by atoms with Gasteiger partial charge in [-0.1, -0.05) is 49.0 Å². The Labute approximate surface area is 154 Å². The highest BCUT2D eigenvalue weighted by Crippen LogP contribution is 2.31. The first-order valence-corrected chi connectivity index (χ1v) is 9.08. The van der Waals surface area contributed by atoms with Crippen molar-refractivity contribution < 1.29 is 14.4 Å². The van der Waals surface area contributed by atoms with Gasteiger partial charge in [-0.05, 0) is 12.0 Å². The van der Waals surface area contributed by atoms with Crippen LogP contribution in [0, 0.1) is 0 Å². The first kappa shape index (κ1) is 18.0.